The lowest BCUT2D eigenvalue weighted by Crippen LogP contribution is -2.29. The molecule has 1 fully saturated rings. The Kier molecular flexibility index (Phi) is 3.71. The first-order valence-electron chi connectivity index (χ1n) is 5.66. The number of rotatable bonds is 4. The molecule has 0 radical (unpaired) electrons. The molecule has 1 saturated carbocycles. The Labute approximate surface area is 96.7 Å². The van der Waals surface area contributed by atoms with Crippen molar-refractivity contribution in [2.24, 2.45) is 5.92 Å². The molecule has 0 bridgehead atoms. The number of thioether (sulfide) groups is 1. The van der Waals surface area contributed by atoms with Gasteiger partial charge in [0.15, 0.2) is 0 Å². The Hall–Kier alpha value is -0.470. The smallest absolute Gasteiger partial charge is 0.0346 e. The summed E-state index contributed by atoms with van der Waals surface area (Å²) in [5.41, 5.74) is 1.44. The predicted octanol–water partition coefficient (Wildman–Crippen LogP) is 3.47. The molecule has 0 saturated heterocycles. The van der Waals surface area contributed by atoms with Crippen LogP contribution in [-0.2, 0) is 0 Å². The normalized spacial score (nSPS) is 18.5. The highest BCUT2D eigenvalue weighted by molar-refractivity contribution is 7.98. The molecule has 1 nitrogen and oxygen atoms in total. The van der Waals surface area contributed by atoms with Crippen LogP contribution in [0.4, 0.5) is 0 Å². The first kappa shape index (κ1) is 11.0. The van der Waals surface area contributed by atoms with Crippen LogP contribution in [0.2, 0.25) is 0 Å². The van der Waals surface area contributed by atoms with Gasteiger partial charge in [-0.1, -0.05) is 18.6 Å². The summed E-state index contributed by atoms with van der Waals surface area (Å²) in [6, 6.07) is 9.55. The Morgan fingerprint density at radius 1 is 1.27 bits per heavy atom. The molecule has 0 amide bonds. The van der Waals surface area contributed by atoms with Gasteiger partial charge in [-0.2, -0.15) is 0 Å². The molecule has 0 aromatic heterocycles. The largest absolute Gasteiger partial charge is 0.313 e. The van der Waals surface area contributed by atoms with Crippen LogP contribution in [0.25, 0.3) is 0 Å². The van der Waals surface area contributed by atoms with Crippen molar-refractivity contribution >= 4 is 11.8 Å². The Morgan fingerprint density at radius 3 is 2.33 bits per heavy atom. The summed E-state index contributed by atoms with van der Waals surface area (Å²) >= 11 is 1.80. The highest BCUT2D eigenvalue weighted by atomic mass is 32.2. The Morgan fingerprint density at radius 2 is 1.93 bits per heavy atom. The minimum atomic E-state index is 0.564. The number of hydrogen-bond donors (Lipinski definition) is 1. The molecule has 0 spiro atoms. The summed E-state index contributed by atoms with van der Waals surface area (Å²) in [4.78, 5) is 1.35. The SMILES string of the molecule is CNC(c1ccc(SC)cc1)C1CCC1. The molecule has 0 aliphatic heterocycles. The summed E-state index contributed by atoms with van der Waals surface area (Å²) in [7, 11) is 2.07. The summed E-state index contributed by atoms with van der Waals surface area (Å²) < 4.78 is 0. The molecule has 1 aliphatic carbocycles. The zero-order valence-corrected chi connectivity index (χ0v) is 10.3. The standard InChI is InChI=1S/C13H19NS/c1-14-13(10-4-3-5-10)11-6-8-12(15-2)9-7-11/h6-10,13-14H,3-5H2,1-2H3. The molecular formula is C13H19NS. The van der Waals surface area contributed by atoms with E-state index in [1.165, 1.54) is 29.7 Å². The van der Waals surface area contributed by atoms with Crippen molar-refractivity contribution in [3.63, 3.8) is 0 Å². The van der Waals surface area contributed by atoms with Gasteiger partial charge in [-0.25, -0.2) is 0 Å². The van der Waals surface area contributed by atoms with Gasteiger partial charge in [-0.15, -0.1) is 11.8 Å². The van der Waals surface area contributed by atoms with Crippen LogP contribution in [0.3, 0.4) is 0 Å². The fourth-order valence-corrected chi connectivity index (χ4v) is 2.67. The van der Waals surface area contributed by atoms with E-state index in [1.807, 2.05) is 0 Å². The highest BCUT2D eigenvalue weighted by Crippen LogP contribution is 2.37. The maximum Gasteiger partial charge on any atom is 0.0346 e. The molecule has 2 rings (SSSR count). The molecule has 1 aromatic rings. The van der Waals surface area contributed by atoms with E-state index in [0.717, 1.165) is 5.92 Å². The van der Waals surface area contributed by atoms with E-state index in [0.29, 0.717) is 6.04 Å². The minimum absolute atomic E-state index is 0.564. The van der Waals surface area contributed by atoms with Crippen molar-refractivity contribution in [2.75, 3.05) is 13.3 Å². The quantitative estimate of drug-likeness (QED) is 0.781. The van der Waals surface area contributed by atoms with Gasteiger partial charge in [0.2, 0.25) is 0 Å². The van der Waals surface area contributed by atoms with Crippen molar-refractivity contribution < 1.29 is 0 Å². The van der Waals surface area contributed by atoms with E-state index < -0.39 is 0 Å². The van der Waals surface area contributed by atoms with E-state index in [-0.39, 0.29) is 0 Å². The lowest BCUT2D eigenvalue weighted by Gasteiger charge is -2.34. The fraction of sp³-hybridized carbons (Fsp3) is 0.538. The number of nitrogens with one attached hydrogen (secondary N) is 1. The third kappa shape index (κ3) is 2.37. The van der Waals surface area contributed by atoms with Gasteiger partial charge in [0.1, 0.15) is 0 Å². The third-order valence-corrected chi connectivity index (χ3v) is 4.15. The average Bonchev–Trinajstić information content (AvgIpc) is 2.23. The van der Waals surface area contributed by atoms with E-state index in [9.17, 15) is 0 Å². The van der Waals surface area contributed by atoms with Crippen LogP contribution in [-0.4, -0.2) is 13.3 Å². The second-order valence-electron chi connectivity index (χ2n) is 4.23. The van der Waals surface area contributed by atoms with Gasteiger partial charge in [-0.3, -0.25) is 0 Å². The number of benzene rings is 1. The van der Waals surface area contributed by atoms with Gasteiger partial charge in [0.25, 0.3) is 0 Å². The minimum Gasteiger partial charge on any atom is -0.313 e. The van der Waals surface area contributed by atoms with Crippen LogP contribution >= 0.6 is 11.8 Å². The maximum atomic E-state index is 3.45. The summed E-state index contributed by atoms with van der Waals surface area (Å²) in [6.07, 6.45) is 6.30. The third-order valence-electron chi connectivity index (χ3n) is 3.41. The zero-order chi connectivity index (χ0) is 10.7. The van der Waals surface area contributed by atoms with Crippen LogP contribution in [0.15, 0.2) is 29.2 Å². The second-order valence-corrected chi connectivity index (χ2v) is 5.11. The van der Waals surface area contributed by atoms with Crippen molar-refractivity contribution in [3.8, 4) is 0 Å². The average molecular weight is 221 g/mol. The van der Waals surface area contributed by atoms with Crippen LogP contribution in [0.1, 0.15) is 30.9 Å². The lowest BCUT2D eigenvalue weighted by atomic mass is 9.77. The van der Waals surface area contributed by atoms with Crippen molar-refractivity contribution in [1.82, 2.24) is 5.32 Å². The van der Waals surface area contributed by atoms with Crippen LogP contribution in [0.5, 0.6) is 0 Å². The maximum absolute atomic E-state index is 3.45. The molecule has 1 N–H and O–H groups in total. The van der Waals surface area contributed by atoms with Crippen LogP contribution < -0.4 is 5.32 Å². The molecule has 1 aliphatic rings. The van der Waals surface area contributed by atoms with Gasteiger partial charge in [0, 0.05) is 10.9 Å². The molecule has 82 valence electrons. The van der Waals surface area contributed by atoms with Crippen molar-refractivity contribution in [1.29, 1.82) is 0 Å². The van der Waals surface area contributed by atoms with Gasteiger partial charge >= 0.3 is 0 Å². The molecule has 1 unspecified atom stereocenters. The molecule has 2 heteroatoms. The van der Waals surface area contributed by atoms with Crippen molar-refractivity contribution in [3.05, 3.63) is 29.8 Å². The summed E-state index contributed by atoms with van der Waals surface area (Å²) in [5, 5.41) is 3.45. The fourth-order valence-electron chi connectivity index (χ4n) is 2.26. The highest BCUT2D eigenvalue weighted by Gasteiger charge is 2.26. The summed E-state index contributed by atoms with van der Waals surface area (Å²) in [5.74, 6) is 0.857. The van der Waals surface area contributed by atoms with E-state index >= 15 is 0 Å². The van der Waals surface area contributed by atoms with Crippen LogP contribution in [0, 0.1) is 5.92 Å². The van der Waals surface area contributed by atoms with E-state index in [1.54, 1.807) is 11.8 Å². The van der Waals surface area contributed by atoms with E-state index in [4.69, 9.17) is 0 Å². The predicted molar refractivity (Wildman–Crippen MR) is 67.4 cm³/mol. The monoisotopic (exact) mass is 221 g/mol. The Bertz CT molecular complexity index is 303. The van der Waals surface area contributed by atoms with Gasteiger partial charge in [-0.05, 0) is 49.8 Å². The molecule has 1 aromatic carbocycles. The molecule has 15 heavy (non-hydrogen) atoms. The topological polar surface area (TPSA) is 12.0 Å². The molecular weight excluding hydrogens is 202 g/mol. The van der Waals surface area contributed by atoms with E-state index in [2.05, 4.69) is 42.9 Å². The number of hydrogen-bond acceptors (Lipinski definition) is 2. The van der Waals surface area contributed by atoms with Gasteiger partial charge in [0.05, 0.1) is 0 Å². The van der Waals surface area contributed by atoms with Gasteiger partial charge < -0.3 is 5.32 Å². The molecule has 1 atom stereocenters. The summed E-state index contributed by atoms with van der Waals surface area (Å²) in [6.45, 7) is 0. The zero-order valence-electron chi connectivity index (χ0n) is 9.49. The second kappa shape index (κ2) is 5.04. The lowest BCUT2D eigenvalue weighted by molar-refractivity contribution is 0.239. The first-order chi connectivity index (χ1) is 7.35. The Balaban J connectivity index is 2.11. The molecule has 0 heterocycles. The van der Waals surface area contributed by atoms with Crippen molar-refractivity contribution in [2.45, 2.75) is 30.2 Å². The first-order valence-corrected chi connectivity index (χ1v) is 6.89.